The highest BCUT2D eigenvalue weighted by molar-refractivity contribution is 5.94. The first-order valence-corrected chi connectivity index (χ1v) is 14.0. The molecule has 4 N–H and O–H groups in total. The van der Waals surface area contributed by atoms with Crippen LogP contribution in [0.3, 0.4) is 0 Å². The number of rotatable bonds is 8. The minimum Gasteiger partial charge on any atom is -0.483 e. The average molecular weight is 555 g/mol. The Kier molecular flexibility index (Phi) is 10.3. The first-order chi connectivity index (χ1) is 19.9. The number of carbonyl (C=O) groups is 3. The summed E-state index contributed by atoms with van der Waals surface area (Å²) in [5.74, 6) is -0.826. The Hall–Kier alpha value is -4.43. The first-order valence-electron chi connectivity index (χ1n) is 14.0. The summed E-state index contributed by atoms with van der Waals surface area (Å²) in [6.45, 7) is 3.87. The van der Waals surface area contributed by atoms with E-state index in [2.05, 4.69) is 21.3 Å². The lowest BCUT2D eigenvalue weighted by Gasteiger charge is -2.32. The molecular formula is C33H38N4O4. The Balaban J connectivity index is 1.75. The predicted octanol–water partition coefficient (Wildman–Crippen LogP) is 3.75. The summed E-state index contributed by atoms with van der Waals surface area (Å²) >= 11 is 0. The zero-order valence-electron chi connectivity index (χ0n) is 23.7. The van der Waals surface area contributed by atoms with Crippen molar-refractivity contribution in [3.8, 4) is 5.75 Å². The molecule has 0 saturated carbocycles. The minimum absolute atomic E-state index is 0.158. The van der Waals surface area contributed by atoms with Crippen LogP contribution in [0.5, 0.6) is 5.75 Å². The number of amides is 3. The van der Waals surface area contributed by atoms with Crippen LogP contribution in [0.2, 0.25) is 0 Å². The molecule has 3 amide bonds. The van der Waals surface area contributed by atoms with Crippen molar-refractivity contribution in [1.82, 2.24) is 21.3 Å². The van der Waals surface area contributed by atoms with Crippen LogP contribution in [0.4, 0.5) is 0 Å². The van der Waals surface area contributed by atoms with Crippen molar-refractivity contribution in [2.75, 3.05) is 7.05 Å². The monoisotopic (exact) mass is 554 g/mol. The van der Waals surface area contributed by atoms with Gasteiger partial charge >= 0.3 is 0 Å². The van der Waals surface area contributed by atoms with Crippen molar-refractivity contribution >= 4 is 23.8 Å². The SMILES string of the molecule is CC[C@H](C)[C@@H]1NC(=O)[C@@H](NC(=O)[C@H](Cc2ccccc2)NC)[C@H](c2ccccc2)Oc2ccc(cc2)/C=C\NC1=O. The standard InChI is InChI=1S/C33H38N4O4/c1-4-22(2)28-32(39)35-20-19-23-15-17-26(18-16-23)41-30(25-13-9-6-10-14-25)29(33(40)36-28)37-31(38)27(34-3)21-24-11-7-5-8-12-24/h5-20,22,27-30,34H,4,21H2,1-3H3,(H,35,39)(H,36,40)(H,37,38)/b20-19-/t22-,27-,28-,29-,30-/m0/s1. The van der Waals surface area contributed by atoms with Gasteiger partial charge in [0.2, 0.25) is 17.7 Å². The maximum atomic E-state index is 14.1. The van der Waals surface area contributed by atoms with Crippen LogP contribution in [0, 0.1) is 5.92 Å². The summed E-state index contributed by atoms with van der Waals surface area (Å²) < 4.78 is 6.44. The van der Waals surface area contributed by atoms with Crippen LogP contribution in [-0.4, -0.2) is 42.9 Å². The van der Waals surface area contributed by atoms with Crippen molar-refractivity contribution in [2.45, 2.75) is 50.9 Å². The Morgan fingerprint density at radius 1 is 0.927 bits per heavy atom. The van der Waals surface area contributed by atoms with Gasteiger partial charge < -0.3 is 26.0 Å². The van der Waals surface area contributed by atoms with Crippen LogP contribution in [0.25, 0.3) is 6.08 Å². The fraction of sp³-hybridized carbons (Fsp3) is 0.303. The predicted molar refractivity (Wildman–Crippen MR) is 160 cm³/mol. The van der Waals surface area contributed by atoms with Gasteiger partial charge in [-0.2, -0.15) is 0 Å². The van der Waals surface area contributed by atoms with E-state index in [1.165, 1.54) is 0 Å². The molecular weight excluding hydrogens is 516 g/mol. The molecule has 8 heteroatoms. The van der Waals surface area contributed by atoms with Crippen molar-refractivity contribution in [3.05, 3.63) is 108 Å². The molecule has 0 radical (unpaired) electrons. The highest BCUT2D eigenvalue weighted by Gasteiger charge is 2.37. The molecule has 0 spiro atoms. The van der Waals surface area contributed by atoms with E-state index in [9.17, 15) is 14.4 Å². The number of benzene rings is 3. The molecule has 2 heterocycles. The van der Waals surface area contributed by atoms with Crippen LogP contribution in [-0.2, 0) is 20.8 Å². The number of fused-ring (bicyclic) bond motifs is 10. The Morgan fingerprint density at radius 3 is 2.22 bits per heavy atom. The molecule has 2 bridgehead atoms. The maximum absolute atomic E-state index is 14.1. The molecule has 214 valence electrons. The Bertz CT molecular complexity index is 1330. The van der Waals surface area contributed by atoms with E-state index >= 15 is 0 Å². The molecule has 5 rings (SSSR count). The van der Waals surface area contributed by atoms with Gasteiger partial charge in [0.1, 0.15) is 17.8 Å². The lowest BCUT2D eigenvalue weighted by Crippen LogP contribution is -2.59. The average Bonchev–Trinajstić information content (AvgIpc) is 3.01. The summed E-state index contributed by atoms with van der Waals surface area (Å²) in [4.78, 5) is 41.0. The van der Waals surface area contributed by atoms with E-state index in [-0.39, 0.29) is 17.7 Å². The number of ether oxygens (including phenoxy) is 1. The molecule has 8 nitrogen and oxygen atoms in total. The zero-order chi connectivity index (χ0) is 29.2. The summed E-state index contributed by atoms with van der Waals surface area (Å²) in [7, 11) is 1.71. The summed E-state index contributed by atoms with van der Waals surface area (Å²) in [6.07, 6.45) is 3.57. The van der Waals surface area contributed by atoms with Crippen molar-refractivity contribution in [1.29, 1.82) is 0 Å². The molecule has 2 aliphatic heterocycles. The second-order valence-corrected chi connectivity index (χ2v) is 10.2. The molecule has 41 heavy (non-hydrogen) atoms. The topological polar surface area (TPSA) is 109 Å². The third kappa shape index (κ3) is 7.83. The number of hydrogen-bond donors (Lipinski definition) is 4. The highest BCUT2D eigenvalue weighted by atomic mass is 16.5. The van der Waals surface area contributed by atoms with E-state index in [4.69, 9.17) is 4.74 Å². The van der Waals surface area contributed by atoms with Crippen molar-refractivity contribution < 1.29 is 19.1 Å². The second kappa shape index (κ2) is 14.3. The van der Waals surface area contributed by atoms with Crippen LogP contribution >= 0.6 is 0 Å². The molecule has 3 aromatic carbocycles. The van der Waals surface area contributed by atoms with E-state index in [0.29, 0.717) is 24.2 Å². The number of hydrogen-bond acceptors (Lipinski definition) is 5. The molecule has 5 atom stereocenters. The Labute approximate surface area is 241 Å². The Morgan fingerprint density at radius 2 is 1.59 bits per heavy atom. The van der Waals surface area contributed by atoms with Crippen LogP contribution < -0.4 is 26.0 Å². The summed E-state index contributed by atoms with van der Waals surface area (Å²) in [5.41, 5.74) is 2.56. The lowest BCUT2D eigenvalue weighted by molar-refractivity contribution is -0.135. The smallest absolute Gasteiger partial charge is 0.247 e. The molecule has 0 fully saturated rings. The number of carbonyl (C=O) groups excluding carboxylic acids is 3. The molecule has 0 saturated heterocycles. The van der Waals surface area contributed by atoms with Gasteiger partial charge in [0, 0.05) is 6.20 Å². The van der Waals surface area contributed by atoms with Gasteiger partial charge in [0.15, 0.2) is 6.10 Å². The molecule has 0 unspecified atom stereocenters. The van der Waals surface area contributed by atoms with Gasteiger partial charge in [-0.1, -0.05) is 93.1 Å². The van der Waals surface area contributed by atoms with Gasteiger partial charge in [-0.25, -0.2) is 0 Å². The summed E-state index contributed by atoms with van der Waals surface area (Å²) in [5, 5.41) is 11.8. The fourth-order valence-electron chi connectivity index (χ4n) is 4.74. The molecule has 3 aromatic rings. The fourth-order valence-corrected chi connectivity index (χ4v) is 4.74. The van der Waals surface area contributed by atoms with Gasteiger partial charge in [0.25, 0.3) is 0 Å². The lowest BCUT2D eigenvalue weighted by atomic mass is 9.95. The maximum Gasteiger partial charge on any atom is 0.247 e. The largest absolute Gasteiger partial charge is 0.483 e. The van der Waals surface area contributed by atoms with Crippen LogP contribution in [0.15, 0.2) is 91.1 Å². The van der Waals surface area contributed by atoms with Crippen molar-refractivity contribution in [3.63, 3.8) is 0 Å². The zero-order valence-corrected chi connectivity index (χ0v) is 23.7. The van der Waals surface area contributed by atoms with E-state index in [0.717, 1.165) is 11.1 Å². The second-order valence-electron chi connectivity index (χ2n) is 10.2. The minimum atomic E-state index is -1.14. The van der Waals surface area contributed by atoms with E-state index in [1.807, 2.05) is 86.6 Å². The third-order valence-corrected chi connectivity index (χ3v) is 7.40. The number of nitrogens with one attached hydrogen (secondary N) is 4. The molecule has 0 aliphatic carbocycles. The van der Waals surface area contributed by atoms with Crippen molar-refractivity contribution in [2.24, 2.45) is 5.92 Å². The van der Waals surface area contributed by atoms with E-state index in [1.54, 1.807) is 31.5 Å². The van der Waals surface area contributed by atoms with E-state index < -0.39 is 30.1 Å². The van der Waals surface area contributed by atoms with Gasteiger partial charge in [-0.05, 0) is 54.3 Å². The molecule has 2 aliphatic rings. The quantitative estimate of drug-likeness (QED) is 0.339. The number of likely N-dealkylation sites (N-methyl/N-ethyl adjacent to an activating group) is 1. The normalized spacial score (nSPS) is 21.4. The highest BCUT2D eigenvalue weighted by Crippen LogP contribution is 2.27. The first kappa shape index (κ1) is 29.6. The molecule has 0 aromatic heterocycles. The van der Waals surface area contributed by atoms with Crippen LogP contribution in [0.1, 0.15) is 43.1 Å². The van der Waals surface area contributed by atoms with Gasteiger partial charge in [0.05, 0.1) is 6.04 Å². The summed E-state index contributed by atoms with van der Waals surface area (Å²) in [6, 6.07) is 23.7. The van der Waals surface area contributed by atoms with Gasteiger partial charge in [-0.3, -0.25) is 14.4 Å². The van der Waals surface area contributed by atoms with Gasteiger partial charge in [-0.15, -0.1) is 0 Å². The third-order valence-electron chi connectivity index (χ3n) is 7.40.